The van der Waals surface area contributed by atoms with E-state index in [0.29, 0.717) is 6.54 Å². The smallest absolute Gasteiger partial charge is 0.305 e. The summed E-state index contributed by atoms with van der Waals surface area (Å²) in [5.41, 5.74) is 5.48. The molecule has 0 amide bonds. The molecule has 0 heterocycles. The average Bonchev–Trinajstić information content (AvgIpc) is 2.21. The van der Waals surface area contributed by atoms with Crippen LogP contribution in [0, 0.1) is 5.92 Å². The minimum Gasteiger partial charge on any atom is -0.481 e. The van der Waals surface area contributed by atoms with E-state index in [1.807, 2.05) is 0 Å². The van der Waals surface area contributed by atoms with Crippen molar-refractivity contribution in [3.05, 3.63) is 0 Å². The van der Waals surface area contributed by atoms with Crippen LogP contribution in [0.25, 0.3) is 0 Å². The third-order valence-corrected chi connectivity index (χ3v) is 3.28. The molecule has 88 valence electrons. The van der Waals surface area contributed by atoms with Gasteiger partial charge >= 0.3 is 5.97 Å². The van der Waals surface area contributed by atoms with Crippen molar-refractivity contribution in [2.24, 2.45) is 11.7 Å². The predicted molar refractivity (Wildman–Crippen MR) is 57.6 cm³/mol. The van der Waals surface area contributed by atoms with Crippen LogP contribution >= 0.6 is 0 Å². The summed E-state index contributed by atoms with van der Waals surface area (Å²) in [5, 5.41) is 8.53. The first kappa shape index (κ1) is 12.5. The Morgan fingerprint density at radius 3 is 2.60 bits per heavy atom. The zero-order valence-corrected chi connectivity index (χ0v) is 9.37. The molecule has 4 nitrogen and oxygen atoms in total. The second kappa shape index (κ2) is 5.47. The SMILES string of the molecule is CC1CCC(CN)(OCCC(=O)O)CC1. The van der Waals surface area contributed by atoms with Gasteiger partial charge in [0.25, 0.3) is 0 Å². The van der Waals surface area contributed by atoms with Gasteiger partial charge in [0.2, 0.25) is 0 Å². The lowest BCUT2D eigenvalue weighted by molar-refractivity contribution is -0.141. The molecule has 0 bridgehead atoms. The lowest BCUT2D eigenvalue weighted by atomic mass is 9.79. The molecule has 4 heteroatoms. The van der Waals surface area contributed by atoms with Gasteiger partial charge in [-0.05, 0) is 31.6 Å². The van der Waals surface area contributed by atoms with Gasteiger partial charge in [-0.1, -0.05) is 6.92 Å². The second-order valence-corrected chi connectivity index (χ2v) is 4.56. The van der Waals surface area contributed by atoms with E-state index in [9.17, 15) is 4.79 Å². The monoisotopic (exact) mass is 215 g/mol. The number of ether oxygens (including phenoxy) is 1. The summed E-state index contributed by atoms with van der Waals surface area (Å²) in [6, 6.07) is 0. The Kier molecular flexibility index (Phi) is 4.54. The zero-order chi connectivity index (χ0) is 11.3. The van der Waals surface area contributed by atoms with Crippen molar-refractivity contribution in [3.8, 4) is 0 Å². The first-order valence-corrected chi connectivity index (χ1v) is 5.64. The van der Waals surface area contributed by atoms with Crippen molar-refractivity contribution in [2.45, 2.75) is 44.6 Å². The summed E-state index contributed by atoms with van der Waals surface area (Å²) in [6.45, 7) is 3.01. The van der Waals surface area contributed by atoms with E-state index in [0.717, 1.165) is 31.6 Å². The maximum absolute atomic E-state index is 10.4. The number of nitrogens with two attached hydrogens (primary N) is 1. The number of carbonyl (C=O) groups is 1. The lowest BCUT2D eigenvalue weighted by Gasteiger charge is -2.38. The molecule has 3 N–H and O–H groups in total. The van der Waals surface area contributed by atoms with E-state index < -0.39 is 5.97 Å². The molecule has 0 saturated heterocycles. The number of carboxylic acid groups (broad SMARTS) is 1. The van der Waals surface area contributed by atoms with E-state index in [-0.39, 0.29) is 18.6 Å². The molecule has 0 aromatic carbocycles. The van der Waals surface area contributed by atoms with Crippen LogP contribution in [0.3, 0.4) is 0 Å². The normalized spacial score (nSPS) is 31.5. The van der Waals surface area contributed by atoms with Gasteiger partial charge in [0.1, 0.15) is 0 Å². The van der Waals surface area contributed by atoms with E-state index >= 15 is 0 Å². The van der Waals surface area contributed by atoms with Crippen LogP contribution in [-0.2, 0) is 9.53 Å². The second-order valence-electron chi connectivity index (χ2n) is 4.56. The number of rotatable bonds is 5. The fraction of sp³-hybridized carbons (Fsp3) is 0.909. The van der Waals surface area contributed by atoms with E-state index in [2.05, 4.69) is 6.92 Å². The number of carboxylic acids is 1. The van der Waals surface area contributed by atoms with Crippen molar-refractivity contribution < 1.29 is 14.6 Å². The van der Waals surface area contributed by atoms with E-state index in [1.165, 1.54) is 0 Å². The third-order valence-electron chi connectivity index (χ3n) is 3.28. The van der Waals surface area contributed by atoms with Gasteiger partial charge in [-0.15, -0.1) is 0 Å². The molecular weight excluding hydrogens is 194 g/mol. The van der Waals surface area contributed by atoms with Gasteiger partial charge in [0.15, 0.2) is 0 Å². The van der Waals surface area contributed by atoms with Gasteiger partial charge in [0, 0.05) is 6.54 Å². The molecule has 1 saturated carbocycles. The highest BCUT2D eigenvalue weighted by Gasteiger charge is 2.33. The lowest BCUT2D eigenvalue weighted by Crippen LogP contribution is -2.44. The molecule has 1 fully saturated rings. The van der Waals surface area contributed by atoms with Crippen LogP contribution in [0.2, 0.25) is 0 Å². The maximum atomic E-state index is 10.4. The molecular formula is C11H21NO3. The summed E-state index contributed by atoms with van der Waals surface area (Å²) in [4.78, 5) is 10.4. The minimum absolute atomic E-state index is 0.0668. The molecule has 1 aliphatic carbocycles. The van der Waals surface area contributed by atoms with Crippen LogP contribution in [-0.4, -0.2) is 29.8 Å². The molecule has 15 heavy (non-hydrogen) atoms. The van der Waals surface area contributed by atoms with Gasteiger partial charge in [0.05, 0.1) is 18.6 Å². The van der Waals surface area contributed by atoms with Gasteiger partial charge in [-0.2, -0.15) is 0 Å². The number of hydrogen-bond donors (Lipinski definition) is 2. The first-order valence-electron chi connectivity index (χ1n) is 5.64. The van der Waals surface area contributed by atoms with Gasteiger partial charge in [-0.25, -0.2) is 0 Å². The van der Waals surface area contributed by atoms with Crippen LogP contribution in [0.4, 0.5) is 0 Å². The Hall–Kier alpha value is -0.610. The van der Waals surface area contributed by atoms with E-state index in [4.69, 9.17) is 15.6 Å². The van der Waals surface area contributed by atoms with Gasteiger partial charge < -0.3 is 15.6 Å². The molecule has 1 aliphatic rings. The molecule has 0 unspecified atom stereocenters. The Labute approximate surface area is 90.8 Å². The first-order chi connectivity index (χ1) is 7.08. The zero-order valence-electron chi connectivity index (χ0n) is 9.37. The Bertz CT molecular complexity index is 210. The molecule has 1 rings (SSSR count). The summed E-state index contributed by atoms with van der Waals surface area (Å²) in [7, 11) is 0. The summed E-state index contributed by atoms with van der Waals surface area (Å²) < 4.78 is 5.67. The summed E-state index contributed by atoms with van der Waals surface area (Å²) in [6.07, 6.45) is 4.25. The highest BCUT2D eigenvalue weighted by Crippen LogP contribution is 2.34. The fourth-order valence-electron chi connectivity index (χ4n) is 2.05. The molecule has 0 atom stereocenters. The summed E-state index contributed by atoms with van der Waals surface area (Å²) >= 11 is 0. The Morgan fingerprint density at radius 2 is 2.13 bits per heavy atom. The highest BCUT2D eigenvalue weighted by atomic mass is 16.5. The topological polar surface area (TPSA) is 72.5 Å². The van der Waals surface area contributed by atoms with Gasteiger partial charge in [-0.3, -0.25) is 4.79 Å². The predicted octanol–water partition coefficient (Wildman–Crippen LogP) is 1.39. The Balaban J connectivity index is 2.36. The quantitative estimate of drug-likeness (QED) is 0.726. The van der Waals surface area contributed by atoms with Crippen LogP contribution in [0.1, 0.15) is 39.0 Å². The number of hydrogen-bond acceptors (Lipinski definition) is 3. The number of aliphatic carboxylic acids is 1. The fourth-order valence-corrected chi connectivity index (χ4v) is 2.05. The summed E-state index contributed by atoms with van der Waals surface area (Å²) in [5.74, 6) is -0.0703. The molecule has 0 aromatic rings. The van der Waals surface area contributed by atoms with Crippen molar-refractivity contribution in [3.63, 3.8) is 0 Å². The highest BCUT2D eigenvalue weighted by molar-refractivity contribution is 5.66. The third kappa shape index (κ3) is 3.80. The molecule has 0 spiro atoms. The van der Waals surface area contributed by atoms with Crippen molar-refractivity contribution in [2.75, 3.05) is 13.2 Å². The van der Waals surface area contributed by atoms with Crippen molar-refractivity contribution in [1.29, 1.82) is 0 Å². The maximum Gasteiger partial charge on any atom is 0.305 e. The van der Waals surface area contributed by atoms with E-state index in [1.54, 1.807) is 0 Å². The molecule has 0 aliphatic heterocycles. The Morgan fingerprint density at radius 1 is 1.53 bits per heavy atom. The average molecular weight is 215 g/mol. The molecule has 0 aromatic heterocycles. The van der Waals surface area contributed by atoms with Crippen LogP contribution < -0.4 is 5.73 Å². The molecule has 0 radical (unpaired) electrons. The van der Waals surface area contributed by atoms with Crippen molar-refractivity contribution in [1.82, 2.24) is 0 Å². The minimum atomic E-state index is -0.814. The largest absolute Gasteiger partial charge is 0.481 e. The van der Waals surface area contributed by atoms with Crippen LogP contribution in [0.5, 0.6) is 0 Å². The standard InChI is InChI=1S/C11H21NO3/c1-9-2-5-11(8-12,6-3-9)15-7-4-10(13)14/h9H,2-8,12H2,1H3,(H,13,14). The van der Waals surface area contributed by atoms with Crippen molar-refractivity contribution >= 4 is 5.97 Å². The van der Waals surface area contributed by atoms with Crippen LogP contribution in [0.15, 0.2) is 0 Å².